The molecule has 0 spiro atoms. The first-order chi connectivity index (χ1) is 8.97. The first-order valence-corrected chi connectivity index (χ1v) is 7.51. The van der Waals surface area contributed by atoms with E-state index in [1.807, 2.05) is 0 Å². The molecular weight excluding hydrogens is 308 g/mol. The molecule has 1 aromatic rings. The van der Waals surface area contributed by atoms with Crippen LogP contribution in [0.25, 0.3) is 0 Å². The van der Waals surface area contributed by atoms with Crippen molar-refractivity contribution in [3.05, 3.63) is 21.0 Å². The summed E-state index contributed by atoms with van der Waals surface area (Å²) in [5.74, 6) is 0.393. The molecule has 1 heterocycles. The van der Waals surface area contributed by atoms with Crippen LogP contribution in [0.1, 0.15) is 33.6 Å². The fourth-order valence-corrected chi connectivity index (χ4v) is 1.97. The summed E-state index contributed by atoms with van der Waals surface area (Å²) in [6, 6.07) is 0.0504. The topological polar surface area (TPSA) is 72.9 Å². The maximum Gasteiger partial charge on any atom is 0.283 e. The van der Waals surface area contributed by atoms with Crippen LogP contribution >= 0.6 is 15.9 Å². The van der Waals surface area contributed by atoms with Gasteiger partial charge in [-0.2, -0.15) is 5.10 Å². The number of aromatic nitrogens is 2. The van der Waals surface area contributed by atoms with Gasteiger partial charge in [-0.05, 0) is 28.3 Å². The highest BCUT2D eigenvalue weighted by molar-refractivity contribution is 9.10. The summed E-state index contributed by atoms with van der Waals surface area (Å²) in [6.07, 6.45) is 3.66. The standard InChI is InChI=1S/C13H23BrN4O/c1-4-5-6-18-13(19)12(14)11(8-17-18)16-7-10(15)9(2)3/h8-10,16H,4-7,15H2,1-3H3. The molecule has 108 valence electrons. The van der Waals surface area contributed by atoms with Crippen molar-refractivity contribution in [1.82, 2.24) is 9.78 Å². The van der Waals surface area contributed by atoms with Gasteiger partial charge in [0.2, 0.25) is 0 Å². The summed E-state index contributed by atoms with van der Waals surface area (Å²) in [5, 5.41) is 7.34. The number of anilines is 1. The minimum Gasteiger partial charge on any atom is -0.381 e. The minimum atomic E-state index is -0.100. The minimum absolute atomic E-state index is 0.0504. The van der Waals surface area contributed by atoms with Gasteiger partial charge >= 0.3 is 0 Å². The highest BCUT2D eigenvalue weighted by Crippen LogP contribution is 2.16. The third kappa shape index (κ3) is 4.62. The van der Waals surface area contributed by atoms with Crippen molar-refractivity contribution >= 4 is 21.6 Å². The quantitative estimate of drug-likeness (QED) is 0.803. The molecule has 0 aromatic carbocycles. The van der Waals surface area contributed by atoms with Crippen molar-refractivity contribution in [3.63, 3.8) is 0 Å². The lowest BCUT2D eigenvalue weighted by Crippen LogP contribution is -2.34. The van der Waals surface area contributed by atoms with Crippen molar-refractivity contribution in [1.29, 1.82) is 0 Å². The number of aryl methyl sites for hydroxylation is 1. The molecule has 0 radical (unpaired) electrons. The molecule has 6 heteroatoms. The molecule has 0 aliphatic heterocycles. The second-order valence-electron chi connectivity index (χ2n) is 5.04. The number of nitrogens with two attached hydrogens (primary N) is 1. The second kappa shape index (κ2) is 7.65. The van der Waals surface area contributed by atoms with Crippen molar-refractivity contribution in [2.24, 2.45) is 11.7 Å². The van der Waals surface area contributed by atoms with Gasteiger partial charge in [0.25, 0.3) is 5.56 Å². The van der Waals surface area contributed by atoms with E-state index in [1.54, 1.807) is 6.20 Å². The summed E-state index contributed by atoms with van der Waals surface area (Å²) >= 11 is 3.33. The van der Waals surface area contributed by atoms with Crippen LogP contribution in [0.3, 0.4) is 0 Å². The molecule has 19 heavy (non-hydrogen) atoms. The van der Waals surface area contributed by atoms with E-state index in [1.165, 1.54) is 4.68 Å². The summed E-state index contributed by atoms with van der Waals surface area (Å²) in [7, 11) is 0. The Hall–Kier alpha value is -0.880. The van der Waals surface area contributed by atoms with E-state index < -0.39 is 0 Å². The third-order valence-corrected chi connectivity index (χ3v) is 3.86. The molecule has 1 rings (SSSR count). The number of hydrogen-bond donors (Lipinski definition) is 2. The van der Waals surface area contributed by atoms with Crippen LogP contribution in [-0.2, 0) is 6.54 Å². The van der Waals surface area contributed by atoms with E-state index in [2.05, 4.69) is 47.1 Å². The largest absolute Gasteiger partial charge is 0.381 e. The predicted molar refractivity (Wildman–Crippen MR) is 82.4 cm³/mol. The molecule has 0 bridgehead atoms. The Balaban J connectivity index is 2.76. The molecule has 1 unspecified atom stereocenters. The Morgan fingerprint density at radius 2 is 2.21 bits per heavy atom. The van der Waals surface area contributed by atoms with Gasteiger partial charge in [0.15, 0.2) is 0 Å². The average molecular weight is 331 g/mol. The number of nitrogens with one attached hydrogen (secondary N) is 1. The predicted octanol–water partition coefficient (Wildman–Crippen LogP) is 2.20. The van der Waals surface area contributed by atoms with Crippen LogP contribution in [0, 0.1) is 5.92 Å². The Labute approximate surface area is 122 Å². The molecule has 0 amide bonds. The first kappa shape index (κ1) is 16.2. The zero-order valence-electron chi connectivity index (χ0n) is 11.8. The molecule has 0 aliphatic carbocycles. The SMILES string of the molecule is CCCCn1ncc(NCC(N)C(C)C)c(Br)c1=O. The van der Waals surface area contributed by atoms with Crippen LogP contribution in [0.5, 0.6) is 0 Å². The van der Waals surface area contributed by atoms with Crippen LogP contribution < -0.4 is 16.6 Å². The van der Waals surface area contributed by atoms with E-state index >= 15 is 0 Å². The van der Waals surface area contributed by atoms with Gasteiger partial charge in [-0.3, -0.25) is 4.79 Å². The lowest BCUT2D eigenvalue weighted by molar-refractivity contribution is 0.510. The van der Waals surface area contributed by atoms with Crippen LogP contribution in [0.2, 0.25) is 0 Å². The van der Waals surface area contributed by atoms with Gasteiger partial charge in [0, 0.05) is 19.1 Å². The molecular formula is C13H23BrN4O. The summed E-state index contributed by atoms with van der Waals surface area (Å²) in [6.45, 7) is 7.50. The smallest absolute Gasteiger partial charge is 0.283 e. The van der Waals surface area contributed by atoms with Crippen molar-refractivity contribution in [2.75, 3.05) is 11.9 Å². The fourth-order valence-electron chi connectivity index (χ4n) is 1.52. The molecule has 0 fully saturated rings. The molecule has 0 saturated heterocycles. The maximum atomic E-state index is 12.1. The van der Waals surface area contributed by atoms with Crippen molar-refractivity contribution in [2.45, 2.75) is 46.2 Å². The van der Waals surface area contributed by atoms with E-state index in [9.17, 15) is 4.79 Å². The van der Waals surface area contributed by atoms with E-state index in [0.717, 1.165) is 12.8 Å². The average Bonchev–Trinajstić information content (AvgIpc) is 2.38. The van der Waals surface area contributed by atoms with E-state index in [4.69, 9.17) is 5.73 Å². The van der Waals surface area contributed by atoms with Gasteiger partial charge in [-0.15, -0.1) is 0 Å². The number of halogens is 1. The molecule has 1 aromatic heterocycles. The van der Waals surface area contributed by atoms with Crippen LogP contribution in [0.4, 0.5) is 5.69 Å². The molecule has 3 N–H and O–H groups in total. The molecule has 5 nitrogen and oxygen atoms in total. The van der Waals surface area contributed by atoms with Crippen LogP contribution in [-0.4, -0.2) is 22.4 Å². The number of hydrogen-bond acceptors (Lipinski definition) is 4. The van der Waals surface area contributed by atoms with Gasteiger partial charge in [0.05, 0.1) is 11.9 Å². The highest BCUT2D eigenvalue weighted by atomic mass is 79.9. The monoisotopic (exact) mass is 330 g/mol. The molecule has 0 saturated carbocycles. The second-order valence-corrected chi connectivity index (χ2v) is 5.84. The summed E-state index contributed by atoms with van der Waals surface area (Å²) < 4.78 is 2.01. The van der Waals surface area contributed by atoms with Gasteiger partial charge in [-0.1, -0.05) is 27.2 Å². The fraction of sp³-hybridized carbons (Fsp3) is 0.692. The maximum absolute atomic E-state index is 12.1. The Bertz CT molecular complexity index is 458. The zero-order valence-corrected chi connectivity index (χ0v) is 13.4. The first-order valence-electron chi connectivity index (χ1n) is 6.72. The normalized spacial score (nSPS) is 12.7. The molecule has 1 atom stereocenters. The Morgan fingerprint density at radius 1 is 1.53 bits per heavy atom. The zero-order chi connectivity index (χ0) is 14.4. The third-order valence-electron chi connectivity index (χ3n) is 3.09. The van der Waals surface area contributed by atoms with Gasteiger partial charge in [0.1, 0.15) is 4.47 Å². The lowest BCUT2D eigenvalue weighted by atomic mass is 10.1. The summed E-state index contributed by atoms with van der Waals surface area (Å²) in [4.78, 5) is 12.1. The Morgan fingerprint density at radius 3 is 2.79 bits per heavy atom. The Kier molecular flexibility index (Phi) is 6.51. The number of nitrogens with zero attached hydrogens (tertiary/aromatic N) is 2. The molecule has 0 aliphatic rings. The van der Waals surface area contributed by atoms with Crippen LogP contribution in [0.15, 0.2) is 15.5 Å². The van der Waals surface area contributed by atoms with Crippen molar-refractivity contribution in [3.8, 4) is 0 Å². The van der Waals surface area contributed by atoms with E-state index in [-0.39, 0.29) is 11.6 Å². The van der Waals surface area contributed by atoms with Gasteiger partial charge in [-0.25, -0.2) is 4.68 Å². The van der Waals surface area contributed by atoms with E-state index in [0.29, 0.717) is 29.2 Å². The number of unbranched alkanes of at least 4 members (excludes halogenated alkanes) is 1. The number of rotatable bonds is 7. The lowest BCUT2D eigenvalue weighted by Gasteiger charge is -2.17. The van der Waals surface area contributed by atoms with Crippen molar-refractivity contribution < 1.29 is 0 Å². The summed E-state index contributed by atoms with van der Waals surface area (Å²) in [5.41, 5.74) is 6.57. The highest BCUT2D eigenvalue weighted by Gasteiger charge is 2.11. The van der Waals surface area contributed by atoms with Gasteiger partial charge < -0.3 is 11.1 Å².